The Hall–Kier alpha value is -1.66. The van der Waals surface area contributed by atoms with Crippen LogP contribution in [-0.2, 0) is 0 Å². The molecule has 0 bridgehead atoms. The minimum absolute atomic E-state index is 0. The van der Waals surface area contributed by atoms with E-state index in [-0.39, 0.29) is 24.0 Å². The monoisotopic (exact) mass is 287 g/mol. The molecular weight excluding hydrogens is 270 g/mol. The first-order valence-corrected chi connectivity index (χ1v) is 5.79. The van der Waals surface area contributed by atoms with Crippen LogP contribution in [0.3, 0.4) is 0 Å². The molecule has 0 heterocycles. The van der Waals surface area contributed by atoms with E-state index in [1.165, 1.54) is 18.2 Å². The number of amides is 1. The van der Waals surface area contributed by atoms with Crippen LogP contribution in [0.25, 0.3) is 0 Å². The second-order valence-corrected chi connectivity index (χ2v) is 4.01. The Kier molecular flexibility index (Phi) is 7.71. The second kappa shape index (κ2) is 8.44. The Bertz CT molecular complexity index is 452. The number of nitrogens with one attached hydrogen (secondary N) is 1. The standard InChI is InChI=1S/C12H17N3O3.ClH/c1-9-8-10(4-5-11(9)15(17)18)12(16)14-7-3-2-6-13;/h4-5,8H,2-3,6-7,13H2,1H3,(H,14,16);1H. The van der Waals surface area contributed by atoms with Crippen LogP contribution in [0.1, 0.15) is 28.8 Å². The first kappa shape index (κ1) is 17.3. The Morgan fingerprint density at radius 2 is 2.11 bits per heavy atom. The first-order chi connectivity index (χ1) is 8.56. The number of hydrogen-bond acceptors (Lipinski definition) is 4. The SMILES string of the molecule is Cc1cc(C(=O)NCCCCN)ccc1[N+](=O)[O-].Cl. The molecule has 0 aliphatic heterocycles. The number of nitro groups is 1. The molecule has 0 aliphatic rings. The van der Waals surface area contributed by atoms with E-state index in [0.29, 0.717) is 24.2 Å². The van der Waals surface area contributed by atoms with Crippen LogP contribution in [0.4, 0.5) is 5.69 Å². The highest BCUT2D eigenvalue weighted by Crippen LogP contribution is 2.18. The largest absolute Gasteiger partial charge is 0.352 e. The van der Waals surface area contributed by atoms with Crippen molar-refractivity contribution in [2.45, 2.75) is 19.8 Å². The van der Waals surface area contributed by atoms with Crippen molar-refractivity contribution in [3.05, 3.63) is 39.4 Å². The summed E-state index contributed by atoms with van der Waals surface area (Å²) in [6, 6.07) is 4.34. The third-order valence-electron chi connectivity index (χ3n) is 2.57. The fourth-order valence-electron chi connectivity index (χ4n) is 1.57. The zero-order valence-electron chi connectivity index (χ0n) is 10.7. The average molecular weight is 288 g/mol. The molecule has 0 radical (unpaired) electrons. The number of carbonyl (C=O) groups is 1. The van der Waals surface area contributed by atoms with Crippen LogP contribution in [-0.4, -0.2) is 23.9 Å². The summed E-state index contributed by atoms with van der Waals surface area (Å²) in [6.07, 6.45) is 1.69. The number of unbranched alkanes of at least 4 members (excludes halogenated alkanes) is 1. The number of nitrogens with two attached hydrogens (primary N) is 1. The first-order valence-electron chi connectivity index (χ1n) is 5.79. The number of carbonyl (C=O) groups excluding carboxylic acids is 1. The Balaban J connectivity index is 0.00000324. The summed E-state index contributed by atoms with van der Waals surface area (Å²) in [5.74, 6) is -0.218. The molecule has 0 aliphatic carbocycles. The molecule has 6 nitrogen and oxygen atoms in total. The van der Waals surface area contributed by atoms with Crippen LogP contribution in [0.15, 0.2) is 18.2 Å². The maximum Gasteiger partial charge on any atom is 0.272 e. The minimum Gasteiger partial charge on any atom is -0.352 e. The highest BCUT2D eigenvalue weighted by molar-refractivity contribution is 5.94. The van der Waals surface area contributed by atoms with E-state index in [1.54, 1.807) is 6.92 Å². The van der Waals surface area contributed by atoms with Gasteiger partial charge in [0.15, 0.2) is 0 Å². The summed E-state index contributed by atoms with van der Waals surface area (Å²) in [5, 5.41) is 13.4. The molecule has 19 heavy (non-hydrogen) atoms. The molecule has 1 aromatic rings. The normalized spacial score (nSPS) is 9.58. The fraction of sp³-hybridized carbons (Fsp3) is 0.417. The van der Waals surface area contributed by atoms with Gasteiger partial charge in [0.05, 0.1) is 4.92 Å². The van der Waals surface area contributed by atoms with Gasteiger partial charge in [-0.3, -0.25) is 14.9 Å². The molecule has 0 atom stereocenters. The Morgan fingerprint density at radius 1 is 1.42 bits per heavy atom. The van der Waals surface area contributed by atoms with Crippen molar-refractivity contribution in [2.75, 3.05) is 13.1 Å². The van der Waals surface area contributed by atoms with Crippen molar-refractivity contribution in [3.63, 3.8) is 0 Å². The van der Waals surface area contributed by atoms with E-state index >= 15 is 0 Å². The third-order valence-corrected chi connectivity index (χ3v) is 2.57. The fourth-order valence-corrected chi connectivity index (χ4v) is 1.57. The lowest BCUT2D eigenvalue weighted by Gasteiger charge is -2.05. The predicted molar refractivity (Wildman–Crippen MR) is 75.7 cm³/mol. The summed E-state index contributed by atoms with van der Waals surface area (Å²) in [6.45, 7) is 2.78. The summed E-state index contributed by atoms with van der Waals surface area (Å²) >= 11 is 0. The zero-order valence-corrected chi connectivity index (χ0v) is 11.5. The lowest BCUT2D eigenvalue weighted by Crippen LogP contribution is -2.24. The average Bonchev–Trinajstić information content (AvgIpc) is 2.33. The molecule has 0 fully saturated rings. The number of benzene rings is 1. The highest BCUT2D eigenvalue weighted by Gasteiger charge is 2.13. The molecule has 0 aromatic heterocycles. The second-order valence-electron chi connectivity index (χ2n) is 4.01. The van der Waals surface area contributed by atoms with E-state index in [1.807, 2.05) is 0 Å². The van der Waals surface area contributed by atoms with Crippen LogP contribution >= 0.6 is 12.4 Å². The van der Waals surface area contributed by atoms with E-state index < -0.39 is 4.92 Å². The molecule has 1 amide bonds. The molecule has 1 rings (SSSR count). The van der Waals surface area contributed by atoms with Gasteiger partial charge in [-0.1, -0.05) is 0 Å². The maximum atomic E-state index is 11.7. The molecule has 3 N–H and O–H groups in total. The van der Waals surface area contributed by atoms with Gasteiger partial charge in [0.2, 0.25) is 0 Å². The summed E-state index contributed by atoms with van der Waals surface area (Å²) in [4.78, 5) is 21.9. The van der Waals surface area contributed by atoms with Crippen molar-refractivity contribution in [2.24, 2.45) is 5.73 Å². The summed E-state index contributed by atoms with van der Waals surface area (Å²) < 4.78 is 0. The zero-order chi connectivity index (χ0) is 13.5. The maximum absolute atomic E-state index is 11.7. The van der Waals surface area contributed by atoms with Crippen molar-refractivity contribution < 1.29 is 9.72 Å². The van der Waals surface area contributed by atoms with Gasteiger partial charge in [-0.15, -0.1) is 12.4 Å². The van der Waals surface area contributed by atoms with Crippen LogP contribution in [0.2, 0.25) is 0 Å². The van der Waals surface area contributed by atoms with Crippen LogP contribution < -0.4 is 11.1 Å². The van der Waals surface area contributed by atoms with Gasteiger partial charge in [-0.05, 0) is 38.4 Å². The van der Waals surface area contributed by atoms with Gasteiger partial charge in [-0.2, -0.15) is 0 Å². The van der Waals surface area contributed by atoms with E-state index in [4.69, 9.17) is 5.73 Å². The lowest BCUT2D eigenvalue weighted by molar-refractivity contribution is -0.385. The predicted octanol–water partition coefficient (Wildman–Crippen LogP) is 1.79. The number of hydrogen-bond donors (Lipinski definition) is 2. The van der Waals surface area contributed by atoms with Gasteiger partial charge in [0, 0.05) is 23.7 Å². The summed E-state index contributed by atoms with van der Waals surface area (Å²) in [5.41, 5.74) is 6.28. The van der Waals surface area contributed by atoms with Crippen molar-refractivity contribution >= 4 is 24.0 Å². The molecule has 1 aromatic carbocycles. The number of nitrogens with zero attached hydrogens (tertiary/aromatic N) is 1. The van der Waals surface area contributed by atoms with Gasteiger partial charge >= 0.3 is 0 Å². The van der Waals surface area contributed by atoms with Gasteiger partial charge in [0.25, 0.3) is 11.6 Å². The molecule has 7 heteroatoms. The van der Waals surface area contributed by atoms with Gasteiger partial charge in [-0.25, -0.2) is 0 Å². The lowest BCUT2D eigenvalue weighted by atomic mass is 10.1. The van der Waals surface area contributed by atoms with Crippen LogP contribution in [0, 0.1) is 17.0 Å². The van der Waals surface area contributed by atoms with Crippen LogP contribution in [0.5, 0.6) is 0 Å². The topological polar surface area (TPSA) is 98.3 Å². The molecule has 0 saturated carbocycles. The molecular formula is C12H18ClN3O3. The van der Waals surface area contributed by atoms with Gasteiger partial charge < -0.3 is 11.1 Å². The Morgan fingerprint density at radius 3 is 2.63 bits per heavy atom. The van der Waals surface area contributed by atoms with E-state index in [2.05, 4.69) is 5.32 Å². The van der Waals surface area contributed by atoms with Crippen molar-refractivity contribution in [1.82, 2.24) is 5.32 Å². The number of rotatable bonds is 6. The number of halogens is 1. The molecule has 0 unspecified atom stereocenters. The Labute approximate surface area is 117 Å². The highest BCUT2D eigenvalue weighted by atomic mass is 35.5. The minimum atomic E-state index is -0.460. The third kappa shape index (κ3) is 5.23. The van der Waals surface area contributed by atoms with Crippen molar-refractivity contribution in [1.29, 1.82) is 0 Å². The summed E-state index contributed by atoms with van der Waals surface area (Å²) in [7, 11) is 0. The molecule has 106 valence electrons. The molecule has 0 spiro atoms. The number of nitro benzene ring substituents is 1. The van der Waals surface area contributed by atoms with E-state index in [9.17, 15) is 14.9 Å². The molecule has 0 saturated heterocycles. The van der Waals surface area contributed by atoms with Gasteiger partial charge in [0.1, 0.15) is 0 Å². The smallest absolute Gasteiger partial charge is 0.272 e. The quantitative estimate of drug-likeness (QED) is 0.473. The number of aryl methyl sites for hydroxylation is 1. The van der Waals surface area contributed by atoms with Crippen molar-refractivity contribution in [3.8, 4) is 0 Å². The van der Waals surface area contributed by atoms with E-state index in [0.717, 1.165) is 12.8 Å².